The van der Waals surface area contributed by atoms with E-state index >= 15 is 0 Å². The van der Waals surface area contributed by atoms with Gasteiger partial charge in [0.05, 0.1) is 11.3 Å². The van der Waals surface area contributed by atoms with Gasteiger partial charge in [0.1, 0.15) is 18.0 Å². The van der Waals surface area contributed by atoms with E-state index in [9.17, 15) is 5.26 Å². The summed E-state index contributed by atoms with van der Waals surface area (Å²) in [7, 11) is 0. The largest absolute Gasteiger partial charge is 0.449 e. The molecule has 0 saturated carbocycles. The predicted molar refractivity (Wildman–Crippen MR) is 89.1 cm³/mol. The third-order valence-corrected chi connectivity index (χ3v) is 4.42. The average molecular weight is 309 g/mol. The number of hydrogen-bond donors (Lipinski definition) is 0. The molecule has 23 heavy (non-hydrogen) atoms. The van der Waals surface area contributed by atoms with Crippen LogP contribution in [-0.4, -0.2) is 9.97 Å². The molecule has 0 fully saturated rings. The summed E-state index contributed by atoms with van der Waals surface area (Å²) >= 11 is 0. The van der Waals surface area contributed by atoms with Gasteiger partial charge in [0.15, 0.2) is 5.89 Å². The first-order valence-electron chi connectivity index (χ1n) is 8.30. The Morgan fingerprint density at radius 2 is 1.87 bits per heavy atom. The Balaban J connectivity index is 2.36. The van der Waals surface area contributed by atoms with Crippen LogP contribution in [-0.2, 0) is 18.3 Å². The summed E-state index contributed by atoms with van der Waals surface area (Å²) in [5.74, 6) is 0.625. The van der Waals surface area contributed by atoms with E-state index in [0.29, 0.717) is 11.5 Å². The topological polar surface area (TPSA) is 62.7 Å². The van der Waals surface area contributed by atoms with E-state index in [1.807, 2.05) is 6.92 Å². The second kappa shape index (κ2) is 5.81. The smallest absolute Gasteiger partial charge is 0.191 e. The molecule has 0 unspecified atom stereocenters. The van der Waals surface area contributed by atoms with Crippen LogP contribution < -0.4 is 0 Å². The summed E-state index contributed by atoms with van der Waals surface area (Å²) in [6, 6.07) is 2.40. The van der Waals surface area contributed by atoms with Gasteiger partial charge >= 0.3 is 0 Å². The first-order valence-corrected chi connectivity index (χ1v) is 8.30. The number of nitriles is 1. The summed E-state index contributed by atoms with van der Waals surface area (Å²) in [6.45, 7) is 8.16. The van der Waals surface area contributed by atoms with Crippen molar-refractivity contribution in [2.45, 2.75) is 65.2 Å². The summed E-state index contributed by atoms with van der Waals surface area (Å²) in [6.07, 6.45) is 7.12. The van der Waals surface area contributed by atoms with E-state index in [2.05, 4.69) is 31.8 Å². The Hall–Kier alpha value is -2.15. The molecule has 4 heteroatoms. The number of nitrogens with zero attached hydrogens (tertiary/aromatic N) is 3. The highest BCUT2D eigenvalue weighted by Crippen LogP contribution is 2.37. The van der Waals surface area contributed by atoms with Gasteiger partial charge in [0.25, 0.3) is 0 Å². The molecule has 0 aliphatic heterocycles. The Labute approximate surface area is 137 Å². The molecule has 1 aliphatic carbocycles. The molecule has 0 bridgehead atoms. The van der Waals surface area contributed by atoms with Crippen molar-refractivity contribution >= 4 is 0 Å². The van der Waals surface area contributed by atoms with E-state index in [1.54, 1.807) is 6.26 Å². The van der Waals surface area contributed by atoms with Crippen molar-refractivity contribution in [3.05, 3.63) is 34.7 Å². The fraction of sp³-hybridized carbons (Fsp3) is 0.526. The zero-order valence-corrected chi connectivity index (χ0v) is 14.4. The summed E-state index contributed by atoms with van der Waals surface area (Å²) in [4.78, 5) is 9.43. The Morgan fingerprint density at radius 1 is 1.13 bits per heavy atom. The van der Waals surface area contributed by atoms with Crippen molar-refractivity contribution in [3.63, 3.8) is 0 Å². The molecule has 2 aromatic rings. The maximum atomic E-state index is 9.85. The van der Waals surface area contributed by atoms with Gasteiger partial charge in [0, 0.05) is 23.6 Å². The number of pyridine rings is 1. The lowest BCUT2D eigenvalue weighted by molar-refractivity contribution is 0.521. The molecule has 2 aromatic heterocycles. The third-order valence-electron chi connectivity index (χ3n) is 4.42. The van der Waals surface area contributed by atoms with Crippen molar-refractivity contribution in [1.82, 2.24) is 9.97 Å². The van der Waals surface area contributed by atoms with Crippen LogP contribution in [0, 0.1) is 18.3 Å². The maximum absolute atomic E-state index is 9.85. The van der Waals surface area contributed by atoms with E-state index in [-0.39, 0.29) is 5.41 Å². The zero-order chi connectivity index (χ0) is 16.6. The van der Waals surface area contributed by atoms with Gasteiger partial charge < -0.3 is 4.42 Å². The SMILES string of the molecule is Cc1nc(-c2c(C#N)c(C(C)(C)C)nc3c2CCCCC3)co1. The number of oxazole rings is 1. The van der Waals surface area contributed by atoms with Crippen LogP contribution in [0.3, 0.4) is 0 Å². The monoisotopic (exact) mass is 309 g/mol. The lowest BCUT2D eigenvalue weighted by atomic mass is 9.84. The number of hydrogen-bond acceptors (Lipinski definition) is 4. The number of aromatic nitrogens is 2. The van der Waals surface area contributed by atoms with Gasteiger partial charge in [-0.05, 0) is 31.2 Å². The second-order valence-corrected chi connectivity index (χ2v) is 7.31. The first kappa shape index (κ1) is 15.7. The average Bonchev–Trinajstić information content (AvgIpc) is 2.78. The quantitative estimate of drug-likeness (QED) is 0.728. The van der Waals surface area contributed by atoms with Crippen LogP contribution in [0.2, 0.25) is 0 Å². The first-order chi connectivity index (χ1) is 10.9. The number of fused-ring (bicyclic) bond motifs is 1. The molecule has 3 rings (SSSR count). The molecule has 0 atom stereocenters. The summed E-state index contributed by atoms with van der Waals surface area (Å²) in [5.41, 5.74) is 5.40. The second-order valence-electron chi connectivity index (χ2n) is 7.31. The number of rotatable bonds is 1. The molecule has 0 spiro atoms. The molecule has 0 aromatic carbocycles. The maximum Gasteiger partial charge on any atom is 0.191 e. The Kier molecular flexibility index (Phi) is 3.97. The molecule has 0 amide bonds. The standard InChI is InChI=1S/C19H23N3O/c1-12-21-16(11-23-12)17-13-8-6-5-7-9-15(13)22-18(14(17)10-20)19(2,3)4/h11H,5-9H2,1-4H3. The van der Waals surface area contributed by atoms with Crippen molar-refractivity contribution in [1.29, 1.82) is 5.26 Å². The van der Waals surface area contributed by atoms with E-state index < -0.39 is 0 Å². The summed E-state index contributed by atoms with van der Waals surface area (Å²) < 4.78 is 5.43. The fourth-order valence-electron chi connectivity index (χ4n) is 3.33. The zero-order valence-electron chi connectivity index (χ0n) is 14.4. The Bertz CT molecular complexity index is 775. The van der Waals surface area contributed by atoms with Crippen LogP contribution in [0.4, 0.5) is 0 Å². The minimum absolute atomic E-state index is 0.181. The van der Waals surface area contributed by atoms with Crippen molar-refractivity contribution in [2.75, 3.05) is 0 Å². The highest BCUT2D eigenvalue weighted by atomic mass is 16.3. The fourth-order valence-corrected chi connectivity index (χ4v) is 3.33. The van der Waals surface area contributed by atoms with Crippen molar-refractivity contribution in [2.24, 2.45) is 0 Å². The molecule has 120 valence electrons. The molecular formula is C19H23N3O. The molecule has 4 nitrogen and oxygen atoms in total. The van der Waals surface area contributed by atoms with Crippen molar-refractivity contribution in [3.8, 4) is 17.3 Å². The lowest BCUT2D eigenvalue weighted by Gasteiger charge is -2.24. The van der Waals surface area contributed by atoms with Gasteiger partial charge in [-0.1, -0.05) is 27.2 Å². The van der Waals surface area contributed by atoms with Gasteiger partial charge in [-0.25, -0.2) is 4.98 Å². The minimum atomic E-state index is -0.181. The number of aryl methyl sites for hydroxylation is 2. The third kappa shape index (κ3) is 2.88. The van der Waals surface area contributed by atoms with E-state index in [4.69, 9.17) is 9.40 Å². The van der Waals surface area contributed by atoms with Crippen molar-refractivity contribution < 1.29 is 4.42 Å². The van der Waals surface area contributed by atoms with Crippen LogP contribution in [0.15, 0.2) is 10.7 Å². The highest BCUT2D eigenvalue weighted by molar-refractivity contribution is 5.73. The van der Waals surface area contributed by atoms with E-state index in [1.165, 1.54) is 12.0 Å². The van der Waals surface area contributed by atoms with Crippen LogP contribution in [0.1, 0.15) is 68.4 Å². The molecule has 1 aliphatic rings. The van der Waals surface area contributed by atoms with E-state index in [0.717, 1.165) is 48.3 Å². The molecule has 0 radical (unpaired) electrons. The van der Waals surface area contributed by atoms with Gasteiger partial charge in [0.2, 0.25) is 0 Å². The van der Waals surface area contributed by atoms with Crippen LogP contribution in [0.5, 0.6) is 0 Å². The normalized spacial score (nSPS) is 14.9. The predicted octanol–water partition coefficient (Wildman–Crippen LogP) is 4.48. The Morgan fingerprint density at radius 3 is 2.48 bits per heavy atom. The molecule has 0 N–H and O–H groups in total. The molecule has 0 saturated heterocycles. The van der Waals surface area contributed by atoms with Gasteiger partial charge in [-0.15, -0.1) is 0 Å². The van der Waals surface area contributed by atoms with Crippen LogP contribution >= 0.6 is 0 Å². The van der Waals surface area contributed by atoms with Gasteiger partial charge in [-0.3, -0.25) is 4.98 Å². The van der Waals surface area contributed by atoms with Gasteiger partial charge in [-0.2, -0.15) is 5.26 Å². The lowest BCUT2D eigenvalue weighted by Crippen LogP contribution is -2.19. The molecule has 2 heterocycles. The summed E-state index contributed by atoms with van der Waals surface area (Å²) in [5, 5.41) is 9.85. The highest BCUT2D eigenvalue weighted by Gasteiger charge is 2.28. The van der Waals surface area contributed by atoms with Crippen LogP contribution in [0.25, 0.3) is 11.3 Å². The minimum Gasteiger partial charge on any atom is -0.449 e. The molecular weight excluding hydrogens is 286 g/mol.